The Morgan fingerprint density at radius 3 is 1.59 bits per heavy atom. The highest BCUT2D eigenvalue weighted by atomic mass is 16.3. The lowest BCUT2D eigenvalue weighted by molar-refractivity contribution is -0.164. The standard InChI is InChI=1S/C22H20N2O5/c25-18-14(21(28)12-6-1-3-10-16(12)23-19(21)26)8-5-9-15(18)22(29)13-7-2-4-11-17(13)24-20(22)27/h1-4,6-7,10-11,14-15,28-29H,5,8-9H2,(H,23,26)(H,24,27)/t14-,15-,21-,22+/m0/s1. The van der Waals surface area contributed by atoms with Crippen molar-refractivity contribution < 1.29 is 24.6 Å². The molecule has 1 saturated carbocycles. The van der Waals surface area contributed by atoms with Crippen LogP contribution in [0, 0.1) is 11.8 Å². The molecule has 2 amide bonds. The largest absolute Gasteiger partial charge is 0.375 e. The molecule has 4 N–H and O–H groups in total. The van der Waals surface area contributed by atoms with E-state index in [1.807, 2.05) is 0 Å². The van der Waals surface area contributed by atoms with E-state index in [-0.39, 0.29) is 0 Å². The summed E-state index contributed by atoms with van der Waals surface area (Å²) < 4.78 is 0. The third-order valence-corrected chi connectivity index (χ3v) is 6.55. The second kappa shape index (κ2) is 5.98. The molecule has 0 radical (unpaired) electrons. The molecule has 7 nitrogen and oxygen atoms in total. The summed E-state index contributed by atoms with van der Waals surface area (Å²) in [7, 11) is 0. The van der Waals surface area contributed by atoms with E-state index < -0.39 is 40.6 Å². The molecule has 0 saturated heterocycles. The normalized spacial score (nSPS) is 33.1. The summed E-state index contributed by atoms with van der Waals surface area (Å²) in [6.07, 6.45) is 1.09. The topological polar surface area (TPSA) is 116 Å². The van der Waals surface area contributed by atoms with Gasteiger partial charge < -0.3 is 20.8 Å². The van der Waals surface area contributed by atoms with Gasteiger partial charge in [0.05, 0.1) is 11.8 Å². The van der Waals surface area contributed by atoms with Crippen LogP contribution in [0.25, 0.3) is 0 Å². The molecule has 0 bridgehead atoms. The Morgan fingerprint density at radius 1 is 0.724 bits per heavy atom. The van der Waals surface area contributed by atoms with Crippen LogP contribution in [0.1, 0.15) is 30.4 Å². The lowest BCUT2D eigenvalue weighted by atomic mass is 9.64. The van der Waals surface area contributed by atoms with Gasteiger partial charge in [-0.2, -0.15) is 0 Å². The summed E-state index contributed by atoms with van der Waals surface area (Å²) in [6, 6.07) is 13.4. The van der Waals surface area contributed by atoms with Gasteiger partial charge >= 0.3 is 0 Å². The minimum Gasteiger partial charge on any atom is -0.375 e. The highest BCUT2D eigenvalue weighted by molar-refractivity contribution is 6.11. The van der Waals surface area contributed by atoms with Crippen molar-refractivity contribution in [3.8, 4) is 0 Å². The summed E-state index contributed by atoms with van der Waals surface area (Å²) in [6.45, 7) is 0. The number of aliphatic hydroxyl groups is 2. The minimum absolute atomic E-state index is 0.299. The van der Waals surface area contributed by atoms with E-state index in [1.54, 1.807) is 48.5 Å². The SMILES string of the molecule is O=C1[C@@H]([C@@]2(O)C(=O)Nc3ccccc32)CCC[C@@H]1[C@]1(O)C(=O)Nc2ccccc21. The number of carbonyl (C=O) groups excluding carboxylic acids is 3. The molecule has 1 fully saturated rings. The average molecular weight is 392 g/mol. The monoisotopic (exact) mass is 392 g/mol. The van der Waals surface area contributed by atoms with E-state index in [4.69, 9.17) is 0 Å². The van der Waals surface area contributed by atoms with Gasteiger partial charge in [0.1, 0.15) is 5.78 Å². The summed E-state index contributed by atoms with van der Waals surface area (Å²) >= 11 is 0. The van der Waals surface area contributed by atoms with Gasteiger partial charge in [0.15, 0.2) is 11.2 Å². The Bertz CT molecular complexity index is 985. The maximum Gasteiger partial charge on any atom is 0.261 e. The van der Waals surface area contributed by atoms with Crippen LogP contribution < -0.4 is 10.6 Å². The molecule has 3 aliphatic rings. The zero-order valence-electron chi connectivity index (χ0n) is 15.5. The van der Waals surface area contributed by atoms with Crippen molar-refractivity contribution in [2.75, 3.05) is 10.6 Å². The van der Waals surface area contributed by atoms with Gasteiger partial charge in [0, 0.05) is 22.5 Å². The zero-order valence-corrected chi connectivity index (χ0v) is 15.5. The average Bonchev–Trinajstić information content (AvgIpc) is 3.14. The molecular formula is C22H20N2O5. The maximum atomic E-state index is 13.5. The molecule has 5 rings (SSSR count). The Hall–Kier alpha value is -3.03. The van der Waals surface area contributed by atoms with Crippen molar-refractivity contribution in [1.82, 2.24) is 0 Å². The highest BCUT2D eigenvalue weighted by Crippen LogP contribution is 2.51. The van der Waals surface area contributed by atoms with Crippen LogP contribution in [0.15, 0.2) is 48.5 Å². The van der Waals surface area contributed by atoms with Crippen molar-refractivity contribution >= 4 is 29.0 Å². The van der Waals surface area contributed by atoms with Gasteiger partial charge in [0.25, 0.3) is 11.8 Å². The number of Topliss-reactive ketones (excluding diaryl/α,β-unsaturated/α-hetero) is 1. The number of ketones is 1. The highest BCUT2D eigenvalue weighted by Gasteiger charge is 2.61. The first-order valence-electron chi connectivity index (χ1n) is 9.69. The second-order valence-corrected chi connectivity index (χ2v) is 7.97. The molecule has 1 aliphatic carbocycles. The molecule has 0 aromatic heterocycles. The molecular weight excluding hydrogens is 372 g/mol. The predicted octanol–water partition coefficient (Wildman–Crippen LogP) is 1.65. The van der Waals surface area contributed by atoms with Crippen LogP contribution in [0.3, 0.4) is 0 Å². The zero-order chi connectivity index (χ0) is 20.4. The van der Waals surface area contributed by atoms with Crippen molar-refractivity contribution in [2.24, 2.45) is 11.8 Å². The molecule has 29 heavy (non-hydrogen) atoms. The number of nitrogens with one attached hydrogen (secondary N) is 2. The fourth-order valence-corrected chi connectivity index (χ4v) is 5.10. The van der Waals surface area contributed by atoms with E-state index in [9.17, 15) is 24.6 Å². The fraction of sp³-hybridized carbons (Fsp3) is 0.318. The van der Waals surface area contributed by atoms with Gasteiger partial charge in [-0.25, -0.2) is 0 Å². The van der Waals surface area contributed by atoms with Crippen LogP contribution in [-0.2, 0) is 25.6 Å². The molecule has 2 aromatic rings. The molecule has 7 heteroatoms. The Labute approximate surface area is 166 Å². The minimum atomic E-state index is -2.02. The summed E-state index contributed by atoms with van der Waals surface area (Å²) in [5.74, 6) is -3.87. The Morgan fingerprint density at radius 2 is 1.14 bits per heavy atom. The van der Waals surface area contributed by atoms with E-state index in [1.165, 1.54) is 0 Å². The lowest BCUT2D eigenvalue weighted by Gasteiger charge is -2.40. The van der Waals surface area contributed by atoms with E-state index >= 15 is 0 Å². The van der Waals surface area contributed by atoms with Crippen molar-refractivity contribution in [1.29, 1.82) is 0 Å². The molecule has 148 valence electrons. The Balaban J connectivity index is 1.58. The summed E-state index contributed by atoms with van der Waals surface area (Å²) in [5, 5.41) is 28.1. The van der Waals surface area contributed by atoms with Gasteiger partial charge in [-0.3, -0.25) is 14.4 Å². The van der Waals surface area contributed by atoms with Crippen molar-refractivity contribution in [2.45, 2.75) is 30.5 Å². The maximum absolute atomic E-state index is 13.5. The number of hydrogen-bond donors (Lipinski definition) is 4. The van der Waals surface area contributed by atoms with Crippen molar-refractivity contribution in [3.63, 3.8) is 0 Å². The van der Waals surface area contributed by atoms with Crippen LogP contribution in [0.5, 0.6) is 0 Å². The van der Waals surface area contributed by atoms with E-state index in [0.717, 1.165) is 0 Å². The Kier molecular flexibility index (Phi) is 3.72. The van der Waals surface area contributed by atoms with Gasteiger partial charge in [0.2, 0.25) is 0 Å². The lowest BCUT2D eigenvalue weighted by Crippen LogP contribution is -2.54. The number of hydrogen-bond acceptors (Lipinski definition) is 5. The first-order chi connectivity index (χ1) is 13.9. The summed E-state index contributed by atoms with van der Waals surface area (Å²) in [5.41, 5.74) is -2.39. The quantitative estimate of drug-likeness (QED) is 0.620. The van der Waals surface area contributed by atoms with Gasteiger partial charge in [-0.15, -0.1) is 0 Å². The van der Waals surface area contributed by atoms with Crippen LogP contribution in [-0.4, -0.2) is 27.8 Å². The number of amides is 2. The first-order valence-corrected chi connectivity index (χ1v) is 9.69. The number of carbonyl (C=O) groups is 3. The molecule has 2 aliphatic heterocycles. The third kappa shape index (κ3) is 2.22. The van der Waals surface area contributed by atoms with E-state index in [2.05, 4.69) is 10.6 Å². The van der Waals surface area contributed by atoms with Crippen LogP contribution >= 0.6 is 0 Å². The number of para-hydroxylation sites is 2. The molecule has 0 spiro atoms. The van der Waals surface area contributed by atoms with E-state index in [0.29, 0.717) is 41.8 Å². The number of anilines is 2. The fourth-order valence-electron chi connectivity index (χ4n) is 5.10. The van der Waals surface area contributed by atoms with Crippen LogP contribution in [0.4, 0.5) is 11.4 Å². The van der Waals surface area contributed by atoms with Gasteiger partial charge in [-0.1, -0.05) is 42.8 Å². The third-order valence-electron chi connectivity index (χ3n) is 6.55. The van der Waals surface area contributed by atoms with Crippen molar-refractivity contribution in [3.05, 3.63) is 59.7 Å². The smallest absolute Gasteiger partial charge is 0.261 e. The second-order valence-electron chi connectivity index (χ2n) is 7.97. The van der Waals surface area contributed by atoms with Crippen LogP contribution in [0.2, 0.25) is 0 Å². The first kappa shape index (κ1) is 18.0. The molecule has 2 heterocycles. The predicted molar refractivity (Wildman–Crippen MR) is 104 cm³/mol. The molecule has 0 unspecified atom stereocenters. The molecule has 4 atom stereocenters. The molecule has 2 aromatic carbocycles. The van der Waals surface area contributed by atoms with Gasteiger partial charge in [-0.05, 0) is 25.0 Å². The summed E-state index contributed by atoms with van der Waals surface area (Å²) in [4.78, 5) is 39.0. The number of benzene rings is 2. The number of rotatable bonds is 2. The number of fused-ring (bicyclic) bond motifs is 2.